The van der Waals surface area contributed by atoms with E-state index in [0.29, 0.717) is 12.5 Å². The maximum absolute atomic E-state index is 12.3. The summed E-state index contributed by atoms with van der Waals surface area (Å²) in [5, 5.41) is 5.12. The molecule has 1 amide bonds. The van der Waals surface area contributed by atoms with E-state index in [2.05, 4.69) is 33.4 Å². The summed E-state index contributed by atoms with van der Waals surface area (Å²) in [4.78, 5) is 19.4. The molecule has 0 radical (unpaired) electrons. The lowest BCUT2D eigenvalue weighted by Crippen LogP contribution is -2.44. The van der Waals surface area contributed by atoms with Crippen LogP contribution in [-0.4, -0.2) is 34.9 Å². The van der Waals surface area contributed by atoms with Crippen molar-refractivity contribution in [2.45, 2.75) is 44.7 Å². The van der Waals surface area contributed by atoms with Gasteiger partial charge in [-0.15, -0.1) is 11.3 Å². The van der Waals surface area contributed by atoms with E-state index in [4.69, 9.17) is 11.6 Å². The molecular weight excluding hydrogens is 402 g/mol. The number of hydrogen-bond donors (Lipinski definition) is 1. The van der Waals surface area contributed by atoms with Crippen LogP contribution in [0.25, 0.3) is 10.2 Å². The normalized spacial score (nSPS) is 15.6. The van der Waals surface area contributed by atoms with E-state index < -0.39 is 0 Å². The van der Waals surface area contributed by atoms with E-state index in [1.54, 1.807) is 11.3 Å². The van der Waals surface area contributed by atoms with Crippen LogP contribution in [0.1, 0.15) is 36.3 Å². The Labute approximate surface area is 180 Å². The van der Waals surface area contributed by atoms with Gasteiger partial charge in [-0.25, -0.2) is 4.98 Å². The number of benzene rings is 2. The fourth-order valence-electron chi connectivity index (χ4n) is 3.81. The molecule has 0 aliphatic carbocycles. The van der Waals surface area contributed by atoms with Gasteiger partial charge in [0.15, 0.2) is 0 Å². The number of piperidine rings is 1. The topological polar surface area (TPSA) is 45.2 Å². The number of likely N-dealkylation sites (tertiary alicyclic amines) is 1. The number of hydrogen-bond acceptors (Lipinski definition) is 4. The number of halogens is 1. The smallest absolute Gasteiger partial charge is 0.220 e. The predicted octanol–water partition coefficient (Wildman–Crippen LogP) is 5.05. The van der Waals surface area contributed by atoms with Crippen molar-refractivity contribution in [3.63, 3.8) is 0 Å². The SMILES string of the molecule is O=C(CCCc1nc2ccccc2s1)NC1CCN(Cc2ccc(Cl)cc2)CC1. The minimum Gasteiger partial charge on any atom is -0.353 e. The van der Waals surface area contributed by atoms with Crippen LogP contribution in [0.2, 0.25) is 5.02 Å². The molecule has 1 N–H and O–H groups in total. The number of thiazole rings is 1. The van der Waals surface area contributed by atoms with Crippen LogP contribution in [0.5, 0.6) is 0 Å². The summed E-state index contributed by atoms with van der Waals surface area (Å²) >= 11 is 7.69. The molecule has 29 heavy (non-hydrogen) atoms. The van der Waals surface area contributed by atoms with E-state index in [9.17, 15) is 4.79 Å². The van der Waals surface area contributed by atoms with Crippen molar-refractivity contribution in [1.29, 1.82) is 0 Å². The minimum atomic E-state index is 0.169. The van der Waals surface area contributed by atoms with Gasteiger partial charge in [0.25, 0.3) is 0 Å². The molecule has 4 nitrogen and oxygen atoms in total. The molecule has 6 heteroatoms. The number of nitrogens with one attached hydrogen (secondary N) is 1. The van der Waals surface area contributed by atoms with Crippen LogP contribution >= 0.6 is 22.9 Å². The van der Waals surface area contributed by atoms with Gasteiger partial charge in [0.2, 0.25) is 5.91 Å². The Morgan fingerprint density at radius 1 is 1.14 bits per heavy atom. The number of nitrogens with zero attached hydrogens (tertiary/aromatic N) is 2. The zero-order chi connectivity index (χ0) is 20.1. The molecule has 2 heterocycles. The molecule has 0 atom stereocenters. The molecule has 2 aromatic carbocycles. The molecule has 1 saturated heterocycles. The predicted molar refractivity (Wildman–Crippen MR) is 120 cm³/mol. The zero-order valence-corrected chi connectivity index (χ0v) is 18.0. The highest BCUT2D eigenvalue weighted by molar-refractivity contribution is 7.18. The number of para-hydroxylation sites is 1. The lowest BCUT2D eigenvalue weighted by atomic mass is 10.0. The number of amides is 1. The van der Waals surface area contributed by atoms with Crippen LogP contribution < -0.4 is 5.32 Å². The first kappa shape index (κ1) is 20.3. The summed E-state index contributed by atoms with van der Waals surface area (Å²) in [6, 6.07) is 16.5. The Kier molecular flexibility index (Phi) is 6.80. The van der Waals surface area contributed by atoms with Gasteiger partial charge < -0.3 is 5.32 Å². The lowest BCUT2D eigenvalue weighted by Gasteiger charge is -2.32. The molecule has 0 unspecified atom stereocenters. The Hall–Kier alpha value is -1.95. The van der Waals surface area contributed by atoms with Gasteiger partial charge >= 0.3 is 0 Å². The highest BCUT2D eigenvalue weighted by Crippen LogP contribution is 2.23. The standard InChI is InChI=1S/C23H26ClN3OS/c24-18-10-8-17(9-11-18)16-27-14-12-19(13-15-27)25-22(28)6-3-7-23-26-20-4-1-2-5-21(20)29-23/h1-2,4-5,8-11,19H,3,6-7,12-16H2,(H,25,28). The summed E-state index contributed by atoms with van der Waals surface area (Å²) in [7, 11) is 0. The second-order valence-electron chi connectivity index (χ2n) is 7.67. The van der Waals surface area contributed by atoms with E-state index in [-0.39, 0.29) is 5.91 Å². The summed E-state index contributed by atoms with van der Waals surface area (Å²) < 4.78 is 1.22. The monoisotopic (exact) mass is 427 g/mol. The molecule has 152 valence electrons. The second-order valence-corrected chi connectivity index (χ2v) is 9.22. The van der Waals surface area contributed by atoms with Gasteiger partial charge in [-0.05, 0) is 55.5 Å². The number of fused-ring (bicyclic) bond motifs is 1. The van der Waals surface area contributed by atoms with Crippen LogP contribution in [0.4, 0.5) is 0 Å². The molecule has 1 fully saturated rings. The quantitative estimate of drug-likeness (QED) is 0.573. The van der Waals surface area contributed by atoms with Gasteiger partial charge in [-0.3, -0.25) is 9.69 Å². The number of carbonyl (C=O) groups is 1. The van der Waals surface area contributed by atoms with Crippen LogP contribution in [0, 0.1) is 0 Å². The third kappa shape index (κ3) is 5.78. The number of carbonyl (C=O) groups excluding carboxylic acids is 1. The molecule has 4 rings (SSSR count). The van der Waals surface area contributed by atoms with Crippen LogP contribution in [0.15, 0.2) is 48.5 Å². The van der Waals surface area contributed by atoms with Crippen molar-refractivity contribution in [2.24, 2.45) is 0 Å². The summed E-state index contributed by atoms with van der Waals surface area (Å²) in [5.41, 5.74) is 2.34. The number of rotatable bonds is 7. The summed E-state index contributed by atoms with van der Waals surface area (Å²) in [5.74, 6) is 0.169. The van der Waals surface area contributed by atoms with Crippen molar-refractivity contribution in [3.8, 4) is 0 Å². The first-order valence-electron chi connectivity index (χ1n) is 10.3. The number of aryl methyl sites for hydroxylation is 1. The van der Waals surface area contributed by atoms with Gasteiger partial charge in [0.1, 0.15) is 0 Å². The third-order valence-corrected chi connectivity index (χ3v) is 6.75. The van der Waals surface area contributed by atoms with E-state index in [1.807, 2.05) is 30.3 Å². The maximum Gasteiger partial charge on any atom is 0.220 e. The van der Waals surface area contributed by atoms with Crippen molar-refractivity contribution in [2.75, 3.05) is 13.1 Å². The fraction of sp³-hybridized carbons (Fsp3) is 0.391. The van der Waals surface area contributed by atoms with E-state index in [0.717, 1.165) is 60.9 Å². The molecule has 1 aliphatic rings. The van der Waals surface area contributed by atoms with Crippen molar-refractivity contribution >= 4 is 39.1 Å². The lowest BCUT2D eigenvalue weighted by molar-refractivity contribution is -0.122. The highest BCUT2D eigenvalue weighted by Gasteiger charge is 2.20. The molecule has 0 saturated carbocycles. The van der Waals surface area contributed by atoms with Crippen LogP contribution in [0.3, 0.4) is 0 Å². The van der Waals surface area contributed by atoms with Crippen molar-refractivity contribution in [3.05, 3.63) is 64.1 Å². The van der Waals surface area contributed by atoms with E-state index >= 15 is 0 Å². The highest BCUT2D eigenvalue weighted by atomic mass is 35.5. The first-order valence-corrected chi connectivity index (χ1v) is 11.5. The average molecular weight is 428 g/mol. The maximum atomic E-state index is 12.3. The average Bonchev–Trinajstić information content (AvgIpc) is 3.14. The molecule has 1 aromatic heterocycles. The fourth-order valence-corrected chi connectivity index (χ4v) is 4.95. The summed E-state index contributed by atoms with van der Waals surface area (Å²) in [6.07, 6.45) is 4.31. The summed E-state index contributed by atoms with van der Waals surface area (Å²) in [6.45, 7) is 2.97. The molecule has 0 bridgehead atoms. The Morgan fingerprint density at radius 3 is 2.66 bits per heavy atom. The van der Waals surface area contributed by atoms with Gasteiger partial charge in [0.05, 0.1) is 15.2 Å². The van der Waals surface area contributed by atoms with Gasteiger partial charge in [-0.2, -0.15) is 0 Å². The Bertz CT molecular complexity index is 915. The third-order valence-electron chi connectivity index (χ3n) is 5.40. The minimum absolute atomic E-state index is 0.169. The van der Waals surface area contributed by atoms with Gasteiger partial charge in [0, 0.05) is 37.1 Å². The van der Waals surface area contributed by atoms with E-state index in [1.165, 1.54) is 10.3 Å². The zero-order valence-electron chi connectivity index (χ0n) is 16.4. The molecule has 0 spiro atoms. The molecule has 1 aliphatic heterocycles. The second kappa shape index (κ2) is 9.70. The van der Waals surface area contributed by atoms with Crippen molar-refractivity contribution < 1.29 is 4.79 Å². The number of aromatic nitrogens is 1. The van der Waals surface area contributed by atoms with Gasteiger partial charge in [-0.1, -0.05) is 35.9 Å². The first-order chi connectivity index (χ1) is 14.2. The van der Waals surface area contributed by atoms with Crippen molar-refractivity contribution in [1.82, 2.24) is 15.2 Å². The Morgan fingerprint density at radius 2 is 1.90 bits per heavy atom. The van der Waals surface area contributed by atoms with Crippen LogP contribution in [-0.2, 0) is 17.8 Å². The largest absolute Gasteiger partial charge is 0.353 e. The molecule has 3 aromatic rings. The molecular formula is C23H26ClN3OS. The Balaban J connectivity index is 1.15.